The number of aromatic nitrogens is 2. The number of anilines is 1. The molecule has 1 saturated heterocycles. The van der Waals surface area contributed by atoms with E-state index in [2.05, 4.69) is 34.7 Å². The first-order chi connectivity index (χ1) is 8.63. The van der Waals surface area contributed by atoms with Crippen molar-refractivity contribution in [2.75, 3.05) is 25.1 Å². The molecule has 0 aliphatic carbocycles. The Hall–Kier alpha value is -1.14. The van der Waals surface area contributed by atoms with Crippen molar-refractivity contribution in [2.45, 2.75) is 45.2 Å². The molecule has 0 radical (unpaired) electrons. The van der Waals surface area contributed by atoms with Crippen LogP contribution in [0.25, 0.3) is 0 Å². The SMILES string of the molecule is CCNC(C)c1nnc(NC2(C)CCOCC2)o1. The molecular formula is C12H22N4O2. The van der Waals surface area contributed by atoms with Crippen LogP contribution in [0.5, 0.6) is 0 Å². The summed E-state index contributed by atoms with van der Waals surface area (Å²) in [7, 11) is 0. The van der Waals surface area contributed by atoms with Crippen molar-refractivity contribution in [1.82, 2.24) is 15.5 Å². The quantitative estimate of drug-likeness (QED) is 0.833. The zero-order valence-corrected chi connectivity index (χ0v) is 11.3. The third-order valence-electron chi connectivity index (χ3n) is 3.33. The summed E-state index contributed by atoms with van der Waals surface area (Å²) in [5.41, 5.74) is -0.0104. The second-order valence-electron chi connectivity index (χ2n) is 5.02. The summed E-state index contributed by atoms with van der Waals surface area (Å²) in [4.78, 5) is 0. The van der Waals surface area contributed by atoms with Crippen LogP contribution in [-0.4, -0.2) is 35.5 Å². The van der Waals surface area contributed by atoms with Gasteiger partial charge in [-0.15, -0.1) is 5.10 Å². The molecular weight excluding hydrogens is 232 g/mol. The molecule has 1 aromatic heterocycles. The van der Waals surface area contributed by atoms with Crippen molar-refractivity contribution in [3.05, 3.63) is 5.89 Å². The van der Waals surface area contributed by atoms with E-state index in [-0.39, 0.29) is 11.6 Å². The molecule has 2 heterocycles. The van der Waals surface area contributed by atoms with E-state index in [0.717, 1.165) is 32.6 Å². The van der Waals surface area contributed by atoms with Crippen LogP contribution in [0, 0.1) is 0 Å². The van der Waals surface area contributed by atoms with Gasteiger partial charge in [0.05, 0.1) is 6.04 Å². The van der Waals surface area contributed by atoms with Gasteiger partial charge in [0.1, 0.15) is 0 Å². The van der Waals surface area contributed by atoms with E-state index in [1.807, 2.05) is 6.92 Å². The van der Waals surface area contributed by atoms with Gasteiger partial charge in [0.2, 0.25) is 5.89 Å². The molecule has 2 rings (SSSR count). The first-order valence-electron chi connectivity index (χ1n) is 6.56. The predicted molar refractivity (Wildman–Crippen MR) is 68.5 cm³/mol. The zero-order chi connectivity index (χ0) is 13.0. The number of nitrogens with one attached hydrogen (secondary N) is 2. The first kappa shape index (κ1) is 13.3. The van der Waals surface area contributed by atoms with Gasteiger partial charge in [0, 0.05) is 18.8 Å². The lowest BCUT2D eigenvalue weighted by Gasteiger charge is -2.33. The van der Waals surface area contributed by atoms with Crippen molar-refractivity contribution in [3.63, 3.8) is 0 Å². The minimum Gasteiger partial charge on any atom is -0.406 e. The fraction of sp³-hybridized carbons (Fsp3) is 0.833. The maximum absolute atomic E-state index is 5.63. The third kappa shape index (κ3) is 3.20. The minimum absolute atomic E-state index is 0.0104. The fourth-order valence-electron chi connectivity index (χ4n) is 2.06. The van der Waals surface area contributed by atoms with E-state index in [1.165, 1.54) is 0 Å². The van der Waals surface area contributed by atoms with Gasteiger partial charge in [-0.2, -0.15) is 0 Å². The van der Waals surface area contributed by atoms with Crippen molar-refractivity contribution in [3.8, 4) is 0 Å². The highest BCUT2D eigenvalue weighted by atomic mass is 16.5. The Morgan fingerprint density at radius 3 is 2.72 bits per heavy atom. The Bertz CT molecular complexity index is 374. The van der Waals surface area contributed by atoms with Crippen LogP contribution >= 0.6 is 0 Å². The smallest absolute Gasteiger partial charge is 0.315 e. The van der Waals surface area contributed by atoms with Gasteiger partial charge in [-0.1, -0.05) is 12.0 Å². The van der Waals surface area contributed by atoms with Gasteiger partial charge in [0.15, 0.2) is 0 Å². The number of hydrogen-bond donors (Lipinski definition) is 2. The molecule has 0 spiro atoms. The summed E-state index contributed by atoms with van der Waals surface area (Å²) < 4.78 is 11.0. The Morgan fingerprint density at radius 2 is 2.06 bits per heavy atom. The Morgan fingerprint density at radius 1 is 1.33 bits per heavy atom. The van der Waals surface area contributed by atoms with E-state index in [4.69, 9.17) is 9.15 Å². The highest BCUT2D eigenvalue weighted by molar-refractivity contribution is 5.24. The van der Waals surface area contributed by atoms with E-state index in [0.29, 0.717) is 11.9 Å². The van der Waals surface area contributed by atoms with Gasteiger partial charge in [-0.05, 0) is 33.2 Å². The molecule has 6 heteroatoms. The van der Waals surface area contributed by atoms with Crippen molar-refractivity contribution >= 4 is 6.01 Å². The second-order valence-corrected chi connectivity index (χ2v) is 5.02. The van der Waals surface area contributed by atoms with Gasteiger partial charge in [-0.3, -0.25) is 0 Å². The normalized spacial score (nSPS) is 20.6. The van der Waals surface area contributed by atoms with Crippen LogP contribution in [0.15, 0.2) is 4.42 Å². The molecule has 2 N–H and O–H groups in total. The summed E-state index contributed by atoms with van der Waals surface area (Å²) in [6.07, 6.45) is 1.90. The van der Waals surface area contributed by atoms with Crippen LogP contribution in [0.1, 0.15) is 45.5 Å². The Kier molecular flexibility index (Phi) is 4.19. The molecule has 6 nitrogen and oxygen atoms in total. The molecule has 1 unspecified atom stereocenters. The topological polar surface area (TPSA) is 72.2 Å². The summed E-state index contributed by atoms with van der Waals surface area (Å²) >= 11 is 0. The molecule has 0 aromatic carbocycles. The van der Waals surface area contributed by atoms with E-state index in [9.17, 15) is 0 Å². The average molecular weight is 254 g/mol. The van der Waals surface area contributed by atoms with E-state index < -0.39 is 0 Å². The lowest BCUT2D eigenvalue weighted by Crippen LogP contribution is -2.40. The molecule has 1 aromatic rings. The highest BCUT2D eigenvalue weighted by Gasteiger charge is 2.29. The van der Waals surface area contributed by atoms with Gasteiger partial charge >= 0.3 is 6.01 Å². The maximum Gasteiger partial charge on any atom is 0.315 e. The molecule has 102 valence electrons. The maximum atomic E-state index is 5.63. The molecule has 0 saturated carbocycles. The third-order valence-corrected chi connectivity index (χ3v) is 3.33. The molecule has 1 atom stereocenters. The number of rotatable bonds is 5. The van der Waals surface area contributed by atoms with Crippen molar-refractivity contribution in [2.24, 2.45) is 0 Å². The first-order valence-corrected chi connectivity index (χ1v) is 6.56. The number of ether oxygens (including phenoxy) is 1. The van der Waals surface area contributed by atoms with Crippen LogP contribution in [0.3, 0.4) is 0 Å². The van der Waals surface area contributed by atoms with Crippen molar-refractivity contribution in [1.29, 1.82) is 0 Å². The molecule has 0 bridgehead atoms. The predicted octanol–water partition coefficient (Wildman–Crippen LogP) is 1.72. The molecule has 1 aliphatic rings. The van der Waals surface area contributed by atoms with Gasteiger partial charge in [-0.25, -0.2) is 0 Å². The highest BCUT2D eigenvalue weighted by Crippen LogP contribution is 2.25. The van der Waals surface area contributed by atoms with Gasteiger partial charge in [0.25, 0.3) is 0 Å². The fourth-order valence-corrected chi connectivity index (χ4v) is 2.06. The standard InChI is InChI=1S/C12H22N4O2/c1-4-13-9(2)10-15-16-11(18-10)14-12(3)5-7-17-8-6-12/h9,13H,4-8H2,1-3H3,(H,14,16). The summed E-state index contributed by atoms with van der Waals surface area (Å²) in [5.74, 6) is 0.620. The summed E-state index contributed by atoms with van der Waals surface area (Å²) in [6.45, 7) is 8.65. The van der Waals surface area contributed by atoms with Crippen LogP contribution in [0.2, 0.25) is 0 Å². The number of nitrogens with zero attached hydrogens (tertiary/aromatic N) is 2. The average Bonchev–Trinajstić information content (AvgIpc) is 2.78. The second kappa shape index (κ2) is 5.67. The van der Waals surface area contributed by atoms with Gasteiger partial charge < -0.3 is 19.8 Å². The minimum atomic E-state index is -0.0104. The summed E-state index contributed by atoms with van der Waals surface area (Å²) in [6, 6.07) is 0.583. The lowest BCUT2D eigenvalue weighted by atomic mass is 9.93. The molecule has 1 fully saturated rings. The molecule has 0 amide bonds. The summed E-state index contributed by atoms with van der Waals surface area (Å²) in [5, 5.41) is 14.7. The Balaban J connectivity index is 1.97. The van der Waals surface area contributed by atoms with Crippen LogP contribution in [-0.2, 0) is 4.74 Å². The van der Waals surface area contributed by atoms with Crippen LogP contribution < -0.4 is 10.6 Å². The van der Waals surface area contributed by atoms with E-state index >= 15 is 0 Å². The molecule has 1 aliphatic heterocycles. The molecule has 18 heavy (non-hydrogen) atoms. The van der Waals surface area contributed by atoms with E-state index in [1.54, 1.807) is 0 Å². The monoisotopic (exact) mass is 254 g/mol. The zero-order valence-electron chi connectivity index (χ0n) is 11.3. The van der Waals surface area contributed by atoms with Crippen molar-refractivity contribution < 1.29 is 9.15 Å². The lowest BCUT2D eigenvalue weighted by molar-refractivity contribution is 0.0650. The number of hydrogen-bond acceptors (Lipinski definition) is 6. The Labute approximate surface area is 107 Å². The van der Waals surface area contributed by atoms with Crippen LogP contribution in [0.4, 0.5) is 6.01 Å². The largest absolute Gasteiger partial charge is 0.406 e.